The van der Waals surface area contributed by atoms with E-state index in [1.807, 2.05) is 48.9 Å². The van der Waals surface area contributed by atoms with E-state index in [9.17, 15) is 8.78 Å². The van der Waals surface area contributed by atoms with Crippen LogP contribution in [-0.2, 0) is 6.54 Å². The standard InChI is InChI=1S/C19H18F2N4S/c1-12-9-13(2)25(24-12)11-14-3-6-16(7-4-14)22-19(26)23-18-8-5-15(20)10-17(18)21/h3-10H,11H2,1-2H3,(H2,22,23,26). The van der Waals surface area contributed by atoms with Crippen LogP contribution in [0.1, 0.15) is 17.0 Å². The maximum atomic E-state index is 13.6. The number of nitrogens with zero attached hydrogens (tertiary/aromatic N) is 2. The Morgan fingerprint density at radius 1 is 1.04 bits per heavy atom. The third kappa shape index (κ3) is 4.43. The lowest BCUT2D eigenvalue weighted by molar-refractivity contribution is 0.586. The van der Waals surface area contributed by atoms with E-state index in [0.29, 0.717) is 6.54 Å². The number of hydrogen-bond acceptors (Lipinski definition) is 2. The molecule has 0 amide bonds. The molecular formula is C19H18F2N4S. The summed E-state index contributed by atoms with van der Waals surface area (Å²) in [5.41, 5.74) is 4.08. The van der Waals surface area contributed by atoms with Crippen molar-refractivity contribution in [3.8, 4) is 0 Å². The quantitative estimate of drug-likeness (QED) is 0.655. The van der Waals surface area contributed by atoms with E-state index in [-0.39, 0.29) is 10.8 Å². The highest BCUT2D eigenvalue weighted by molar-refractivity contribution is 7.80. The van der Waals surface area contributed by atoms with Crippen molar-refractivity contribution in [2.75, 3.05) is 10.6 Å². The fourth-order valence-electron chi connectivity index (χ4n) is 2.58. The van der Waals surface area contributed by atoms with Crippen LogP contribution in [0.4, 0.5) is 20.2 Å². The number of rotatable bonds is 4. The van der Waals surface area contributed by atoms with Gasteiger partial charge in [-0.2, -0.15) is 5.10 Å². The second-order valence-corrected chi connectivity index (χ2v) is 6.39. The molecular weight excluding hydrogens is 354 g/mol. The topological polar surface area (TPSA) is 41.9 Å². The summed E-state index contributed by atoms with van der Waals surface area (Å²) in [7, 11) is 0. The highest BCUT2D eigenvalue weighted by Gasteiger charge is 2.06. The number of benzene rings is 2. The van der Waals surface area contributed by atoms with Crippen molar-refractivity contribution >= 4 is 28.7 Å². The van der Waals surface area contributed by atoms with Crippen molar-refractivity contribution in [2.24, 2.45) is 0 Å². The van der Waals surface area contributed by atoms with Crippen molar-refractivity contribution in [3.63, 3.8) is 0 Å². The van der Waals surface area contributed by atoms with E-state index in [1.165, 1.54) is 12.1 Å². The van der Waals surface area contributed by atoms with Crippen LogP contribution < -0.4 is 10.6 Å². The van der Waals surface area contributed by atoms with Crippen LogP contribution in [0, 0.1) is 25.5 Å². The van der Waals surface area contributed by atoms with E-state index >= 15 is 0 Å². The van der Waals surface area contributed by atoms with Crippen LogP contribution in [-0.4, -0.2) is 14.9 Å². The first-order valence-electron chi connectivity index (χ1n) is 8.04. The molecule has 3 rings (SSSR count). The summed E-state index contributed by atoms with van der Waals surface area (Å²) in [4.78, 5) is 0. The van der Waals surface area contributed by atoms with Crippen molar-refractivity contribution in [2.45, 2.75) is 20.4 Å². The first-order valence-corrected chi connectivity index (χ1v) is 8.44. The second kappa shape index (κ2) is 7.61. The zero-order valence-corrected chi connectivity index (χ0v) is 15.2. The molecule has 2 N–H and O–H groups in total. The lowest BCUT2D eigenvalue weighted by atomic mass is 10.2. The molecule has 26 heavy (non-hydrogen) atoms. The lowest BCUT2D eigenvalue weighted by Gasteiger charge is -2.12. The number of anilines is 2. The van der Waals surface area contributed by atoms with Gasteiger partial charge in [0, 0.05) is 17.4 Å². The molecule has 0 saturated heterocycles. The molecule has 0 atom stereocenters. The number of aryl methyl sites for hydroxylation is 2. The number of thiocarbonyl (C=S) groups is 1. The molecule has 1 heterocycles. The van der Waals surface area contributed by atoms with Gasteiger partial charge in [0.2, 0.25) is 0 Å². The van der Waals surface area contributed by atoms with E-state index in [4.69, 9.17) is 12.2 Å². The highest BCUT2D eigenvalue weighted by atomic mass is 32.1. The van der Waals surface area contributed by atoms with Crippen LogP contribution >= 0.6 is 12.2 Å². The molecule has 0 bridgehead atoms. The first-order chi connectivity index (χ1) is 12.4. The molecule has 0 saturated carbocycles. The Kier molecular flexibility index (Phi) is 5.27. The summed E-state index contributed by atoms with van der Waals surface area (Å²) in [6.45, 7) is 4.67. The van der Waals surface area contributed by atoms with Gasteiger partial charge in [0.05, 0.1) is 17.9 Å². The molecule has 0 radical (unpaired) electrons. The minimum Gasteiger partial charge on any atom is -0.332 e. The largest absolute Gasteiger partial charge is 0.332 e. The molecule has 4 nitrogen and oxygen atoms in total. The van der Waals surface area contributed by atoms with E-state index in [2.05, 4.69) is 15.7 Å². The zero-order valence-electron chi connectivity index (χ0n) is 14.4. The van der Waals surface area contributed by atoms with Gasteiger partial charge in [0.15, 0.2) is 5.11 Å². The first kappa shape index (κ1) is 18.0. The molecule has 3 aromatic rings. The van der Waals surface area contributed by atoms with Gasteiger partial charge in [-0.15, -0.1) is 0 Å². The molecule has 0 aliphatic carbocycles. The fourth-order valence-corrected chi connectivity index (χ4v) is 2.80. The number of hydrogen-bond donors (Lipinski definition) is 2. The van der Waals surface area contributed by atoms with Gasteiger partial charge in [-0.3, -0.25) is 4.68 Å². The molecule has 2 aromatic carbocycles. The summed E-state index contributed by atoms with van der Waals surface area (Å²) < 4.78 is 28.5. The molecule has 0 aliphatic heterocycles. The lowest BCUT2D eigenvalue weighted by Crippen LogP contribution is -2.19. The molecule has 7 heteroatoms. The van der Waals surface area contributed by atoms with Crippen LogP contribution in [0.25, 0.3) is 0 Å². The predicted octanol–water partition coefficient (Wildman–Crippen LogP) is 4.64. The van der Waals surface area contributed by atoms with Gasteiger partial charge >= 0.3 is 0 Å². The fraction of sp³-hybridized carbons (Fsp3) is 0.158. The van der Waals surface area contributed by atoms with Gasteiger partial charge in [-0.1, -0.05) is 12.1 Å². The van der Waals surface area contributed by atoms with Crippen molar-refractivity contribution in [1.82, 2.24) is 9.78 Å². The number of aromatic nitrogens is 2. The van der Waals surface area contributed by atoms with Crippen molar-refractivity contribution in [1.29, 1.82) is 0 Å². The summed E-state index contributed by atoms with van der Waals surface area (Å²) in [6, 6.07) is 13.0. The molecule has 0 aliphatic rings. The van der Waals surface area contributed by atoms with Crippen molar-refractivity contribution in [3.05, 3.63) is 77.1 Å². The van der Waals surface area contributed by atoms with E-state index in [0.717, 1.165) is 28.7 Å². The summed E-state index contributed by atoms with van der Waals surface area (Å²) >= 11 is 5.17. The number of halogens is 2. The van der Waals surface area contributed by atoms with Crippen LogP contribution in [0.2, 0.25) is 0 Å². The van der Waals surface area contributed by atoms with Gasteiger partial charge in [-0.05, 0) is 62.0 Å². The Morgan fingerprint density at radius 2 is 1.77 bits per heavy atom. The van der Waals surface area contributed by atoms with Gasteiger partial charge in [0.25, 0.3) is 0 Å². The minimum absolute atomic E-state index is 0.116. The van der Waals surface area contributed by atoms with Gasteiger partial charge < -0.3 is 10.6 Å². The highest BCUT2D eigenvalue weighted by Crippen LogP contribution is 2.16. The molecule has 0 fully saturated rings. The Bertz CT molecular complexity index is 935. The molecule has 0 unspecified atom stereocenters. The Hall–Kier alpha value is -2.80. The maximum absolute atomic E-state index is 13.6. The predicted molar refractivity (Wildman–Crippen MR) is 103 cm³/mol. The van der Waals surface area contributed by atoms with Crippen LogP contribution in [0.5, 0.6) is 0 Å². The third-order valence-corrected chi connectivity index (χ3v) is 4.03. The van der Waals surface area contributed by atoms with E-state index < -0.39 is 11.6 Å². The zero-order chi connectivity index (χ0) is 18.7. The van der Waals surface area contributed by atoms with Crippen LogP contribution in [0.3, 0.4) is 0 Å². The molecule has 0 spiro atoms. The minimum atomic E-state index is -0.700. The summed E-state index contributed by atoms with van der Waals surface area (Å²) in [5.74, 6) is -1.33. The molecule has 134 valence electrons. The smallest absolute Gasteiger partial charge is 0.175 e. The van der Waals surface area contributed by atoms with Crippen molar-refractivity contribution < 1.29 is 8.78 Å². The summed E-state index contributed by atoms with van der Waals surface area (Å²) in [5, 5.41) is 10.4. The van der Waals surface area contributed by atoms with E-state index in [1.54, 1.807) is 0 Å². The van der Waals surface area contributed by atoms with Crippen LogP contribution in [0.15, 0.2) is 48.5 Å². The average molecular weight is 372 g/mol. The Balaban J connectivity index is 1.61. The number of nitrogens with one attached hydrogen (secondary N) is 2. The van der Waals surface area contributed by atoms with Gasteiger partial charge in [-0.25, -0.2) is 8.78 Å². The average Bonchev–Trinajstić information content (AvgIpc) is 2.89. The SMILES string of the molecule is Cc1cc(C)n(Cc2ccc(NC(=S)Nc3ccc(F)cc3F)cc2)n1. The normalized spacial score (nSPS) is 10.6. The van der Waals surface area contributed by atoms with Gasteiger partial charge in [0.1, 0.15) is 11.6 Å². The Morgan fingerprint density at radius 3 is 2.38 bits per heavy atom. The maximum Gasteiger partial charge on any atom is 0.175 e. The monoisotopic (exact) mass is 372 g/mol. The second-order valence-electron chi connectivity index (χ2n) is 5.98. The third-order valence-electron chi connectivity index (χ3n) is 3.83. The summed E-state index contributed by atoms with van der Waals surface area (Å²) in [6.07, 6.45) is 0. The molecule has 1 aromatic heterocycles. The Labute approximate surface area is 155 Å².